The van der Waals surface area contributed by atoms with Crippen LogP contribution in [-0.2, 0) is 19.6 Å². The van der Waals surface area contributed by atoms with Crippen molar-refractivity contribution in [1.29, 1.82) is 0 Å². The Balaban J connectivity index is 2.21. The Morgan fingerprint density at radius 3 is 2.73 bits per heavy atom. The zero-order valence-corrected chi connectivity index (χ0v) is 12.8. The minimum Gasteiger partial charge on any atom is -0.368 e. The third-order valence-electron chi connectivity index (χ3n) is 4.06. The zero-order valence-electron chi connectivity index (χ0n) is 11.9. The summed E-state index contributed by atoms with van der Waals surface area (Å²) in [5.41, 5.74) is 5.46. The Bertz CT molecular complexity index is 731. The van der Waals surface area contributed by atoms with Gasteiger partial charge in [0.25, 0.3) is 0 Å². The number of benzene rings is 1. The molecule has 1 aromatic carbocycles. The fraction of sp³-hybridized carbons (Fsp3) is 0.429. The highest BCUT2D eigenvalue weighted by atomic mass is 32.2. The maximum atomic E-state index is 12.9. The molecule has 1 saturated heterocycles. The average Bonchev–Trinajstić information content (AvgIpc) is 2.57. The summed E-state index contributed by atoms with van der Waals surface area (Å²) in [7, 11) is -3.76. The van der Waals surface area contributed by atoms with Gasteiger partial charge in [-0.3, -0.25) is 9.59 Å². The van der Waals surface area contributed by atoms with E-state index in [9.17, 15) is 18.0 Å². The molecule has 0 saturated carbocycles. The Labute approximate surface area is 128 Å². The van der Waals surface area contributed by atoms with Crippen molar-refractivity contribution >= 4 is 27.5 Å². The van der Waals surface area contributed by atoms with Crippen LogP contribution >= 0.6 is 0 Å². The Morgan fingerprint density at radius 2 is 2.00 bits per heavy atom. The van der Waals surface area contributed by atoms with E-state index in [2.05, 4.69) is 0 Å². The maximum absolute atomic E-state index is 12.9. The SMILES string of the molecule is NC(=O)CN1C(=O)[C@H]2CCCCN2S(=O)(=O)c2ccccc21. The maximum Gasteiger partial charge on any atom is 0.245 e. The van der Waals surface area contributed by atoms with Gasteiger partial charge in [-0.2, -0.15) is 4.31 Å². The molecule has 2 amide bonds. The molecule has 7 nitrogen and oxygen atoms in total. The van der Waals surface area contributed by atoms with E-state index in [-0.39, 0.29) is 23.0 Å². The number of carbonyl (C=O) groups is 2. The normalized spacial score (nSPS) is 24.3. The molecule has 0 aromatic heterocycles. The number of nitrogens with zero attached hydrogens (tertiary/aromatic N) is 2. The quantitative estimate of drug-likeness (QED) is 0.831. The zero-order chi connectivity index (χ0) is 15.9. The molecule has 2 heterocycles. The lowest BCUT2D eigenvalue weighted by molar-refractivity contribution is -0.125. The Morgan fingerprint density at radius 1 is 1.27 bits per heavy atom. The van der Waals surface area contributed by atoms with Gasteiger partial charge in [-0.15, -0.1) is 0 Å². The van der Waals surface area contributed by atoms with Crippen LogP contribution in [0.25, 0.3) is 0 Å². The summed E-state index contributed by atoms with van der Waals surface area (Å²) in [5.74, 6) is -1.06. The number of para-hydroxylation sites is 1. The number of carbonyl (C=O) groups excluding carboxylic acids is 2. The lowest BCUT2D eigenvalue weighted by atomic mass is 10.0. The molecule has 1 atom stereocenters. The van der Waals surface area contributed by atoms with Crippen molar-refractivity contribution in [3.05, 3.63) is 24.3 Å². The molecule has 0 bridgehead atoms. The van der Waals surface area contributed by atoms with Gasteiger partial charge in [0, 0.05) is 6.54 Å². The van der Waals surface area contributed by atoms with Crippen molar-refractivity contribution in [1.82, 2.24) is 4.31 Å². The third kappa shape index (κ3) is 2.28. The monoisotopic (exact) mass is 323 g/mol. The molecule has 22 heavy (non-hydrogen) atoms. The number of fused-ring (bicyclic) bond motifs is 2. The van der Waals surface area contributed by atoms with Crippen LogP contribution in [0, 0.1) is 0 Å². The van der Waals surface area contributed by atoms with Crippen LogP contribution in [0.5, 0.6) is 0 Å². The minimum atomic E-state index is -3.76. The van der Waals surface area contributed by atoms with Crippen LogP contribution in [-0.4, -0.2) is 43.7 Å². The van der Waals surface area contributed by atoms with Crippen LogP contribution in [0.2, 0.25) is 0 Å². The lowest BCUT2D eigenvalue weighted by Crippen LogP contribution is -2.52. The van der Waals surface area contributed by atoms with Crippen LogP contribution < -0.4 is 10.6 Å². The van der Waals surface area contributed by atoms with E-state index in [1.165, 1.54) is 21.3 Å². The molecule has 0 aliphatic carbocycles. The minimum absolute atomic E-state index is 0.0500. The first-order chi connectivity index (χ1) is 10.4. The Kier molecular flexibility index (Phi) is 3.65. The molecule has 3 rings (SSSR count). The van der Waals surface area contributed by atoms with E-state index >= 15 is 0 Å². The number of sulfonamides is 1. The number of piperidine rings is 1. The average molecular weight is 323 g/mol. The van der Waals surface area contributed by atoms with Crippen molar-refractivity contribution in [2.75, 3.05) is 18.0 Å². The number of hydrogen-bond donors (Lipinski definition) is 1. The van der Waals surface area contributed by atoms with Gasteiger partial charge in [-0.25, -0.2) is 8.42 Å². The lowest BCUT2D eigenvalue weighted by Gasteiger charge is -2.32. The highest BCUT2D eigenvalue weighted by Gasteiger charge is 2.44. The van der Waals surface area contributed by atoms with E-state index < -0.39 is 22.0 Å². The number of amides is 2. The highest BCUT2D eigenvalue weighted by molar-refractivity contribution is 7.89. The van der Waals surface area contributed by atoms with Gasteiger partial charge in [0.05, 0.1) is 5.69 Å². The van der Waals surface area contributed by atoms with Crippen molar-refractivity contribution in [3.8, 4) is 0 Å². The smallest absolute Gasteiger partial charge is 0.245 e. The van der Waals surface area contributed by atoms with Gasteiger partial charge in [0.2, 0.25) is 21.8 Å². The topological polar surface area (TPSA) is 101 Å². The molecule has 0 radical (unpaired) electrons. The standard InChI is InChI=1S/C14H17N3O4S/c15-13(18)9-16-10-5-1-2-7-12(10)22(20,21)17-8-4-3-6-11(17)14(16)19/h1-2,5,7,11H,3-4,6,8-9H2,(H2,15,18)/t11-/m1/s1. The molecule has 2 aliphatic rings. The molecule has 118 valence electrons. The Hall–Kier alpha value is -1.93. The second kappa shape index (κ2) is 5.36. The van der Waals surface area contributed by atoms with Crippen molar-refractivity contribution in [2.24, 2.45) is 5.73 Å². The van der Waals surface area contributed by atoms with Crippen LogP contribution in [0.3, 0.4) is 0 Å². The van der Waals surface area contributed by atoms with E-state index in [0.717, 1.165) is 12.8 Å². The second-order valence-corrected chi connectivity index (χ2v) is 7.34. The summed E-state index contributed by atoms with van der Waals surface area (Å²) in [5, 5.41) is 0. The number of hydrogen-bond acceptors (Lipinski definition) is 4. The van der Waals surface area contributed by atoms with Crippen LogP contribution in [0.4, 0.5) is 5.69 Å². The van der Waals surface area contributed by atoms with E-state index in [1.54, 1.807) is 12.1 Å². The first kappa shape index (κ1) is 15.0. The molecule has 2 N–H and O–H groups in total. The van der Waals surface area contributed by atoms with Gasteiger partial charge >= 0.3 is 0 Å². The molecule has 1 aromatic rings. The van der Waals surface area contributed by atoms with Gasteiger partial charge in [-0.1, -0.05) is 18.6 Å². The predicted molar refractivity (Wildman–Crippen MR) is 79.5 cm³/mol. The molecular weight excluding hydrogens is 306 g/mol. The summed E-state index contributed by atoms with van der Waals surface area (Å²) in [6.07, 6.45) is 1.96. The van der Waals surface area contributed by atoms with Gasteiger partial charge in [0.15, 0.2) is 0 Å². The van der Waals surface area contributed by atoms with Gasteiger partial charge < -0.3 is 10.6 Å². The molecular formula is C14H17N3O4S. The molecule has 0 unspecified atom stereocenters. The van der Waals surface area contributed by atoms with E-state index in [0.29, 0.717) is 13.0 Å². The fourth-order valence-electron chi connectivity index (χ4n) is 3.08. The van der Waals surface area contributed by atoms with Crippen molar-refractivity contribution < 1.29 is 18.0 Å². The van der Waals surface area contributed by atoms with Gasteiger partial charge in [0.1, 0.15) is 17.5 Å². The first-order valence-electron chi connectivity index (χ1n) is 7.13. The van der Waals surface area contributed by atoms with Crippen LogP contribution in [0.15, 0.2) is 29.2 Å². The van der Waals surface area contributed by atoms with E-state index in [1.807, 2.05) is 0 Å². The van der Waals surface area contributed by atoms with Crippen LogP contribution in [0.1, 0.15) is 19.3 Å². The fourth-order valence-corrected chi connectivity index (χ4v) is 4.93. The number of nitrogens with two attached hydrogens (primary N) is 1. The summed E-state index contributed by atoms with van der Waals surface area (Å²) < 4.78 is 27.0. The number of rotatable bonds is 2. The molecule has 2 aliphatic heterocycles. The predicted octanol–water partition coefficient (Wildman–Crippen LogP) is 0.0617. The second-order valence-electron chi connectivity index (χ2n) is 5.49. The highest BCUT2D eigenvalue weighted by Crippen LogP contribution is 2.36. The summed E-state index contributed by atoms with van der Waals surface area (Å²) in [6.45, 7) is -0.00675. The first-order valence-corrected chi connectivity index (χ1v) is 8.57. The number of primary amides is 1. The molecule has 1 fully saturated rings. The summed E-state index contributed by atoms with van der Waals surface area (Å²) >= 11 is 0. The summed E-state index contributed by atoms with van der Waals surface area (Å²) in [4.78, 5) is 25.3. The largest absolute Gasteiger partial charge is 0.368 e. The van der Waals surface area contributed by atoms with E-state index in [4.69, 9.17) is 5.73 Å². The summed E-state index contributed by atoms with van der Waals surface area (Å²) in [6, 6.07) is 5.48. The van der Waals surface area contributed by atoms with Crippen molar-refractivity contribution in [2.45, 2.75) is 30.2 Å². The number of anilines is 1. The van der Waals surface area contributed by atoms with Crippen molar-refractivity contribution in [3.63, 3.8) is 0 Å². The third-order valence-corrected chi connectivity index (χ3v) is 6.02. The molecule has 0 spiro atoms. The van der Waals surface area contributed by atoms with Gasteiger partial charge in [-0.05, 0) is 25.0 Å². The molecule has 8 heteroatoms.